The van der Waals surface area contributed by atoms with Gasteiger partial charge in [0.15, 0.2) is 11.5 Å². The average molecular weight is 311 g/mol. The lowest BCUT2D eigenvalue weighted by Gasteiger charge is -2.56. The number of aliphatic hydroxyl groups excluding tert-OH is 1. The minimum Gasteiger partial charge on any atom is -0.493 e. The molecule has 5 atom stereocenters. The van der Waals surface area contributed by atoms with Gasteiger partial charge >= 0.3 is 0 Å². The maximum Gasteiger partial charge on any atom is 0.165 e. The van der Waals surface area contributed by atoms with Gasteiger partial charge in [-0.3, -0.25) is 0 Å². The van der Waals surface area contributed by atoms with Crippen molar-refractivity contribution in [3.63, 3.8) is 0 Å². The summed E-state index contributed by atoms with van der Waals surface area (Å²) in [6.07, 6.45) is -3.59. The minimum atomic E-state index is -3.05. The Kier molecular flexibility index (Phi) is 1.08. The lowest BCUT2D eigenvalue weighted by Crippen LogP contribution is -2.64. The van der Waals surface area contributed by atoms with Crippen molar-refractivity contribution in [2.75, 3.05) is 20.6 Å². The lowest BCUT2D eigenvalue weighted by atomic mass is 9.53. The van der Waals surface area contributed by atoms with E-state index in [0.29, 0.717) is 4.90 Å². The van der Waals surface area contributed by atoms with E-state index in [1.807, 2.05) is 0 Å². The van der Waals surface area contributed by atoms with E-state index in [2.05, 4.69) is 0 Å². The van der Waals surface area contributed by atoms with Crippen LogP contribution in [-0.2, 0) is 11.8 Å². The van der Waals surface area contributed by atoms with Crippen LogP contribution in [0, 0.1) is 5.89 Å². The Morgan fingerprint density at radius 2 is 2.55 bits per heavy atom. The quantitative estimate of drug-likeness (QED) is 0.798. The highest BCUT2D eigenvalue weighted by atomic mass is 16.5. The van der Waals surface area contributed by atoms with E-state index in [9.17, 15) is 7.85 Å². The normalized spacial score (nSPS) is 59.1. The van der Waals surface area contributed by atoms with Crippen LogP contribution in [-0.4, -0.2) is 48.8 Å². The second kappa shape index (κ2) is 4.06. The molecule has 1 aromatic rings. The van der Waals surface area contributed by atoms with Gasteiger partial charge in [-0.25, -0.2) is 0 Å². The van der Waals surface area contributed by atoms with E-state index in [0.717, 1.165) is 12.2 Å². The summed E-state index contributed by atoms with van der Waals surface area (Å²) in [5.41, 5.74) is -2.34. The molecule has 0 saturated carbocycles. The molecule has 1 N–H and O–H groups in total. The molecule has 2 heterocycles. The summed E-state index contributed by atoms with van der Waals surface area (Å²) in [6, 6.07) is -4.42. The van der Waals surface area contributed by atoms with Crippen LogP contribution in [0.15, 0.2) is 24.2 Å². The van der Waals surface area contributed by atoms with Gasteiger partial charge in [-0.05, 0) is 37.9 Å². The van der Waals surface area contributed by atoms with Gasteiger partial charge in [-0.15, -0.1) is 0 Å². The first-order valence-corrected chi connectivity index (χ1v) is 7.05. The Hall–Kier alpha value is -1.52. The van der Waals surface area contributed by atoms with Crippen LogP contribution in [0.4, 0.5) is 0 Å². The molecule has 4 heteroatoms. The highest BCUT2D eigenvalue weighted by Crippen LogP contribution is 2.62. The highest BCUT2D eigenvalue weighted by Gasteiger charge is 2.64. The molecule has 1 aromatic carbocycles. The third-order valence-electron chi connectivity index (χ3n) is 5.01. The number of hydrogen-bond acceptors (Lipinski definition) is 4. The molecule has 2 bridgehead atoms. The van der Waals surface area contributed by atoms with Crippen LogP contribution in [0.3, 0.4) is 0 Å². The van der Waals surface area contributed by atoms with Gasteiger partial charge in [0.05, 0.1) is 13.9 Å². The van der Waals surface area contributed by atoms with E-state index >= 15 is 0 Å². The maximum atomic E-state index is 10.8. The second-order valence-electron chi connectivity index (χ2n) is 5.91. The van der Waals surface area contributed by atoms with Crippen LogP contribution in [0.2, 0.25) is 0 Å². The first-order valence-electron chi connectivity index (χ1n) is 13.1. The van der Waals surface area contributed by atoms with Gasteiger partial charge in [0, 0.05) is 32.5 Å². The predicted octanol–water partition coefficient (Wildman–Crippen LogP) is 1.50. The largest absolute Gasteiger partial charge is 0.493 e. The molecule has 4 nitrogen and oxygen atoms in total. The zero-order chi connectivity index (χ0) is 25.4. The number of likely N-dealkylation sites (N-methyl/N-ethyl adjacent to an activating group) is 1. The standard InChI is InChI=1S/C18H21NO3/c1-19-8-7-18-11-4-5-13(20)17(18)22-16-14(21-2)6-3-10(15(16)18)9-12(11)19/h3-6,11-13,17,20H,7-9H2,1-2H3/t11-,12+,13?,17?,18-/m0/s1/i1D3,2D3,3D,6D,9D2,11D,12D. The van der Waals surface area contributed by atoms with Gasteiger partial charge in [-0.2, -0.15) is 0 Å². The fourth-order valence-electron chi connectivity index (χ4n) is 4.12. The van der Waals surface area contributed by atoms with Gasteiger partial charge in [0.1, 0.15) is 12.2 Å². The summed E-state index contributed by atoms with van der Waals surface area (Å²) in [5.74, 6) is -3.34. The van der Waals surface area contributed by atoms with Crippen LogP contribution in [0.5, 0.6) is 11.5 Å². The predicted molar refractivity (Wildman–Crippen MR) is 82.5 cm³/mol. The van der Waals surface area contributed by atoms with Crippen LogP contribution < -0.4 is 9.47 Å². The molecule has 4 aliphatic rings. The van der Waals surface area contributed by atoms with Gasteiger partial charge in [0.2, 0.25) is 0 Å². The Balaban J connectivity index is 1.96. The van der Waals surface area contributed by atoms with E-state index in [1.165, 1.54) is 0 Å². The molecule has 1 fully saturated rings. The molecule has 0 amide bonds. The third kappa shape index (κ3) is 1.28. The summed E-state index contributed by atoms with van der Waals surface area (Å²) in [4.78, 5) is 0.619. The first kappa shape index (κ1) is 5.84. The summed E-state index contributed by atoms with van der Waals surface area (Å²) in [7, 11) is -3.05. The van der Waals surface area contributed by atoms with Crippen molar-refractivity contribution < 1.29 is 31.0 Å². The molecule has 22 heavy (non-hydrogen) atoms. The maximum absolute atomic E-state index is 10.8. The fourth-order valence-corrected chi connectivity index (χ4v) is 4.12. The van der Waals surface area contributed by atoms with Crippen molar-refractivity contribution >= 4 is 0 Å². The number of aliphatic hydroxyl groups is 1. The summed E-state index contributed by atoms with van der Waals surface area (Å²) in [5, 5.41) is 10.8. The minimum absolute atomic E-state index is 0.116. The van der Waals surface area contributed by atoms with Crippen LogP contribution >= 0.6 is 0 Å². The summed E-state index contributed by atoms with van der Waals surface area (Å²) >= 11 is 0. The fraction of sp³-hybridized carbons (Fsp3) is 0.556. The van der Waals surface area contributed by atoms with E-state index < -0.39 is 73.3 Å². The lowest BCUT2D eigenvalue weighted by molar-refractivity contribution is -0.0453. The Labute approximate surface area is 147 Å². The van der Waals surface area contributed by atoms with Crippen molar-refractivity contribution in [3.8, 4) is 11.5 Å². The van der Waals surface area contributed by atoms with Crippen LogP contribution in [0.1, 0.15) is 34.0 Å². The van der Waals surface area contributed by atoms with Crippen molar-refractivity contribution in [1.29, 1.82) is 0 Å². The topological polar surface area (TPSA) is 41.9 Å². The Morgan fingerprint density at radius 3 is 3.41 bits per heavy atom. The van der Waals surface area contributed by atoms with Crippen molar-refractivity contribution in [1.82, 2.24) is 4.90 Å². The molecule has 2 aliphatic heterocycles. The number of benzene rings is 1. The molecule has 0 aromatic heterocycles. The molecule has 5 rings (SSSR count). The average Bonchev–Trinajstić information content (AvgIpc) is 3.01. The highest BCUT2D eigenvalue weighted by molar-refractivity contribution is 5.62. The number of rotatable bonds is 1. The molecule has 2 aliphatic carbocycles. The number of ether oxygens (including phenoxy) is 2. The van der Waals surface area contributed by atoms with Gasteiger partial charge in [-0.1, -0.05) is 18.2 Å². The summed E-state index contributed by atoms with van der Waals surface area (Å²) < 4.78 is 111. The SMILES string of the molecule is [2H]c1c([2H])c2c3c(c1OC([2H])([2H])[2H])OC1C(O)C=C[C@]4([2H])[C@@]31CCN(C([2H])([2H])[2H])[C@]4([2H])C2([2H])[2H]. The summed E-state index contributed by atoms with van der Waals surface area (Å²) in [6.45, 7) is -3.33. The third-order valence-corrected chi connectivity index (χ3v) is 5.01. The Bertz CT molecular complexity index is 1130. The smallest absolute Gasteiger partial charge is 0.165 e. The Morgan fingerprint density at radius 1 is 1.59 bits per heavy atom. The molecule has 1 saturated heterocycles. The molecular formula is C18H21NO3. The molecule has 2 unspecified atom stereocenters. The van der Waals surface area contributed by atoms with Crippen molar-refractivity contribution in [2.45, 2.75) is 36.4 Å². The monoisotopic (exact) mass is 311 g/mol. The molecule has 0 radical (unpaired) electrons. The van der Waals surface area contributed by atoms with Crippen molar-refractivity contribution in [2.24, 2.45) is 5.89 Å². The zero-order valence-electron chi connectivity index (χ0n) is 23.4. The molecule has 116 valence electrons. The first-order chi connectivity index (χ1) is 15.4. The number of nitrogens with zero attached hydrogens (tertiary/aromatic N) is 1. The molecular weight excluding hydrogens is 278 g/mol. The van der Waals surface area contributed by atoms with E-state index in [1.54, 1.807) is 0 Å². The zero-order valence-corrected chi connectivity index (χ0v) is 11.4. The van der Waals surface area contributed by atoms with Gasteiger partial charge in [0.25, 0.3) is 0 Å². The van der Waals surface area contributed by atoms with E-state index in [4.69, 9.17) is 23.2 Å². The van der Waals surface area contributed by atoms with Crippen molar-refractivity contribution in [3.05, 3.63) is 35.4 Å². The number of hydrogen-bond donors (Lipinski definition) is 1. The van der Waals surface area contributed by atoms with Crippen LogP contribution in [0.25, 0.3) is 0 Å². The van der Waals surface area contributed by atoms with Gasteiger partial charge < -0.3 is 19.5 Å². The number of piperidine rings is 1. The number of methoxy groups -OCH3 is 1. The number of likely N-dealkylation sites (tertiary alicyclic amines) is 1. The second-order valence-corrected chi connectivity index (χ2v) is 5.91. The van der Waals surface area contributed by atoms with E-state index in [-0.39, 0.29) is 24.3 Å². The molecule has 1 spiro atoms.